The van der Waals surface area contributed by atoms with Crippen LogP contribution in [0.5, 0.6) is 0 Å². The van der Waals surface area contributed by atoms with Gasteiger partial charge in [0.15, 0.2) is 0 Å². The molecule has 148 valence electrons. The third-order valence-corrected chi connectivity index (χ3v) is 4.92. The minimum atomic E-state index is 0.0795. The average molecular weight is 376 g/mol. The van der Waals surface area contributed by atoms with E-state index in [0.29, 0.717) is 0 Å². The van der Waals surface area contributed by atoms with Crippen LogP contribution in [0.25, 0.3) is 12.2 Å². The Morgan fingerprint density at radius 3 is 2.14 bits per heavy atom. The van der Waals surface area contributed by atoms with Gasteiger partial charge in [0.2, 0.25) is 0 Å². The summed E-state index contributed by atoms with van der Waals surface area (Å²) in [4.78, 5) is 11.0. The minimum Gasteiger partial charge on any atom is -0.348 e. The molecule has 0 saturated carbocycles. The van der Waals surface area contributed by atoms with Crippen molar-refractivity contribution in [1.82, 2.24) is 0 Å². The lowest BCUT2D eigenvalue weighted by Gasteiger charge is -2.22. The Balaban J connectivity index is 0.000000252. The Kier molecular flexibility index (Phi) is 8.66. The number of carbonyl (C=O) groups is 1. The Morgan fingerprint density at radius 2 is 1.61 bits per heavy atom. The van der Waals surface area contributed by atoms with E-state index < -0.39 is 0 Å². The molecule has 3 rings (SSSR count). The zero-order valence-electron chi connectivity index (χ0n) is 18.1. The van der Waals surface area contributed by atoms with E-state index in [1.54, 1.807) is 0 Å². The van der Waals surface area contributed by atoms with Gasteiger partial charge in [-0.15, -0.1) is 0 Å². The first-order chi connectivity index (χ1) is 13.2. The molecule has 0 aliphatic carbocycles. The molecule has 0 fully saturated rings. The molecule has 2 nitrogen and oxygen atoms in total. The molecule has 0 amide bonds. The monoisotopic (exact) mass is 375 g/mol. The lowest BCUT2D eigenvalue weighted by atomic mass is 9.84. The van der Waals surface area contributed by atoms with Crippen molar-refractivity contribution in [1.29, 1.82) is 0 Å². The summed E-state index contributed by atoms with van der Waals surface area (Å²) < 4.78 is 0. The van der Waals surface area contributed by atoms with Gasteiger partial charge in [-0.25, -0.2) is 0 Å². The number of benzene rings is 2. The first-order valence-electron chi connectivity index (χ1n) is 9.52. The normalized spacial score (nSPS) is 15.1. The highest BCUT2D eigenvalue weighted by Crippen LogP contribution is 2.46. The van der Waals surface area contributed by atoms with E-state index in [-0.39, 0.29) is 5.41 Å². The molecule has 0 unspecified atom stereocenters. The van der Waals surface area contributed by atoms with Crippen molar-refractivity contribution in [2.75, 3.05) is 11.9 Å². The summed E-state index contributed by atoms with van der Waals surface area (Å²) in [5.41, 5.74) is 5.27. The van der Waals surface area contributed by atoms with E-state index in [4.69, 9.17) is 4.79 Å². The highest BCUT2D eigenvalue weighted by molar-refractivity contribution is 5.69. The fourth-order valence-electron chi connectivity index (χ4n) is 3.22. The van der Waals surface area contributed by atoms with Crippen LogP contribution in [0.4, 0.5) is 5.69 Å². The van der Waals surface area contributed by atoms with Crippen molar-refractivity contribution >= 4 is 24.1 Å². The summed E-state index contributed by atoms with van der Waals surface area (Å²) in [6.07, 6.45) is 6.66. The molecule has 28 heavy (non-hydrogen) atoms. The molecule has 0 N–H and O–H groups in total. The fraction of sp³-hybridized carbons (Fsp3) is 0.269. The molecule has 2 heteroatoms. The molecule has 2 aromatic rings. The number of hydrogen-bond acceptors (Lipinski definition) is 2. The number of aryl methyl sites for hydroxylation is 1. The number of hydrogen-bond donors (Lipinski definition) is 0. The van der Waals surface area contributed by atoms with Gasteiger partial charge in [-0.2, -0.15) is 0 Å². The lowest BCUT2D eigenvalue weighted by Crippen LogP contribution is -2.22. The Hall–Kier alpha value is -2.87. The van der Waals surface area contributed by atoms with Gasteiger partial charge in [-0.3, -0.25) is 0 Å². The molecule has 2 aromatic carbocycles. The quantitative estimate of drug-likeness (QED) is 0.661. The number of anilines is 1. The van der Waals surface area contributed by atoms with Crippen molar-refractivity contribution in [3.05, 3.63) is 89.0 Å². The Bertz CT molecular complexity index is 951. The number of likely N-dealkylation sites (N-methyl/N-ethyl adjacent to an activating group) is 1. The molecule has 0 spiro atoms. The fourth-order valence-corrected chi connectivity index (χ4v) is 3.22. The third-order valence-electron chi connectivity index (χ3n) is 4.92. The van der Waals surface area contributed by atoms with Crippen LogP contribution < -0.4 is 15.3 Å². The largest absolute Gasteiger partial charge is 0.348 e. The summed E-state index contributed by atoms with van der Waals surface area (Å²) in [7, 11) is 2.09. The number of nitrogens with zero attached hydrogens (tertiary/aromatic N) is 1. The molecule has 1 aliphatic heterocycles. The van der Waals surface area contributed by atoms with Crippen LogP contribution in [0, 0.1) is 6.92 Å². The van der Waals surface area contributed by atoms with E-state index in [9.17, 15) is 0 Å². The van der Waals surface area contributed by atoms with Gasteiger partial charge in [0.1, 0.15) is 6.29 Å². The van der Waals surface area contributed by atoms with Crippen LogP contribution in [0.3, 0.4) is 0 Å². The summed E-state index contributed by atoms with van der Waals surface area (Å²) in [6.45, 7) is 17.9. The molecule has 1 aliphatic rings. The maximum Gasteiger partial charge on any atom is 0.116 e. The molecule has 0 atom stereocenters. The SMILES string of the molecule is C=C/C=c1/cccc/c1=C/C.C=C1N(C)c2ccc(C)cc2C1(C)C.CC=O. The maximum absolute atomic E-state index is 8.81. The van der Waals surface area contributed by atoms with E-state index in [0.717, 1.165) is 6.29 Å². The third kappa shape index (κ3) is 5.32. The predicted molar refractivity (Wildman–Crippen MR) is 124 cm³/mol. The van der Waals surface area contributed by atoms with Crippen molar-refractivity contribution in [2.24, 2.45) is 0 Å². The Morgan fingerprint density at radius 1 is 1.04 bits per heavy atom. The van der Waals surface area contributed by atoms with Crippen molar-refractivity contribution in [3.8, 4) is 0 Å². The molecule has 0 bridgehead atoms. The highest BCUT2D eigenvalue weighted by Gasteiger charge is 2.36. The minimum absolute atomic E-state index is 0.0795. The number of fused-ring (bicyclic) bond motifs is 1. The van der Waals surface area contributed by atoms with Gasteiger partial charge < -0.3 is 9.69 Å². The van der Waals surface area contributed by atoms with E-state index >= 15 is 0 Å². The summed E-state index contributed by atoms with van der Waals surface area (Å²) in [5.74, 6) is 0. The number of aldehydes is 1. The first kappa shape index (κ1) is 23.2. The first-order valence-corrected chi connectivity index (χ1v) is 9.52. The zero-order chi connectivity index (χ0) is 21.3. The molecular formula is C26H33NO. The van der Waals surface area contributed by atoms with E-state index in [2.05, 4.69) is 82.3 Å². The zero-order valence-corrected chi connectivity index (χ0v) is 18.1. The second-order valence-electron chi connectivity index (χ2n) is 7.21. The van der Waals surface area contributed by atoms with Crippen LogP contribution in [0.1, 0.15) is 38.8 Å². The summed E-state index contributed by atoms with van der Waals surface area (Å²) in [6, 6.07) is 14.9. The van der Waals surface area contributed by atoms with Gasteiger partial charge in [-0.1, -0.05) is 87.2 Å². The molecular weight excluding hydrogens is 342 g/mol. The number of carbonyl (C=O) groups excluding carboxylic acids is 1. The van der Waals surface area contributed by atoms with Crippen LogP contribution in [0.15, 0.2) is 67.4 Å². The second-order valence-corrected chi connectivity index (χ2v) is 7.21. The van der Waals surface area contributed by atoms with Crippen molar-refractivity contribution in [2.45, 2.75) is 40.0 Å². The Labute approximate surface area is 170 Å². The van der Waals surface area contributed by atoms with E-state index in [1.165, 1.54) is 39.9 Å². The number of rotatable bonds is 1. The van der Waals surface area contributed by atoms with Crippen LogP contribution >= 0.6 is 0 Å². The van der Waals surface area contributed by atoms with Crippen molar-refractivity contribution < 1.29 is 4.79 Å². The van der Waals surface area contributed by atoms with Crippen LogP contribution in [-0.4, -0.2) is 13.3 Å². The topological polar surface area (TPSA) is 20.3 Å². The molecule has 1 heterocycles. The van der Waals surface area contributed by atoms with Gasteiger partial charge in [0.05, 0.1) is 0 Å². The molecule has 0 saturated heterocycles. The average Bonchev–Trinajstić information content (AvgIpc) is 2.84. The van der Waals surface area contributed by atoms with Gasteiger partial charge in [0.25, 0.3) is 0 Å². The predicted octanol–water partition coefficient (Wildman–Crippen LogP) is 4.89. The molecule has 0 aromatic heterocycles. The smallest absolute Gasteiger partial charge is 0.116 e. The highest BCUT2D eigenvalue weighted by atomic mass is 16.1. The second kappa shape index (κ2) is 10.5. The van der Waals surface area contributed by atoms with Gasteiger partial charge in [-0.05, 0) is 42.8 Å². The standard InChI is InChI=1S/C13H17N.C11H12.C2H4O/c1-9-6-7-12-11(8-9)13(3,4)10(2)14(12)5;1-3-7-11-9-6-5-8-10(11)4-2;1-2-3/h6-8H,2H2,1,3-5H3;3-9H,1H2,2H3;2H,1H3/b;10-4-,11-7-;. The summed E-state index contributed by atoms with van der Waals surface area (Å²) >= 11 is 0. The summed E-state index contributed by atoms with van der Waals surface area (Å²) in [5, 5.41) is 2.48. The maximum atomic E-state index is 8.81. The van der Waals surface area contributed by atoms with Crippen LogP contribution in [-0.2, 0) is 10.2 Å². The van der Waals surface area contributed by atoms with Gasteiger partial charge >= 0.3 is 0 Å². The lowest BCUT2D eigenvalue weighted by molar-refractivity contribution is -0.106. The van der Waals surface area contributed by atoms with Crippen molar-refractivity contribution in [3.63, 3.8) is 0 Å². The molecule has 0 radical (unpaired) electrons. The van der Waals surface area contributed by atoms with Crippen LogP contribution in [0.2, 0.25) is 0 Å². The van der Waals surface area contributed by atoms with Gasteiger partial charge in [0, 0.05) is 23.8 Å². The van der Waals surface area contributed by atoms with E-state index in [1.807, 2.05) is 31.2 Å². The number of allylic oxidation sites excluding steroid dienone is 2.